The minimum Gasteiger partial charge on any atom is -0.497 e. The number of rotatable bonds is 10. The summed E-state index contributed by atoms with van der Waals surface area (Å²) in [4.78, 5) is 51.5. The lowest BCUT2D eigenvalue weighted by Gasteiger charge is -2.34. The number of esters is 1. The molecule has 1 saturated heterocycles. The molecule has 1 aromatic carbocycles. The van der Waals surface area contributed by atoms with Crippen molar-refractivity contribution in [2.24, 2.45) is 5.92 Å². The Labute approximate surface area is 285 Å². The highest BCUT2D eigenvalue weighted by Crippen LogP contribution is 2.36. The van der Waals surface area contributed by atoms with Crippen LogP contribution in [0.25, 0.3) is 22.3 Å². The quantitative estimate of drug-likeness (QED) is 0.238. The molecule has 3 aromatic rings. The number of anilines is 1. The van der Waals surface area contributed by atoms with Crippen LogP contribution >= 0.6 is 11.3 Å². The van der Waals surface area contributed by atoms with Gasteiger partial charge in [-0.15, -0.1) is 11.3 Å². The molecule has 0 bridgehead atoms. The molecule has 2 aliphatic rings. The fraction of sp³-hybridized carbons (Fsp3) is 0.571. The zero-order chi connectivity index (χ0) is 34.6. The Balaban J connectivity index is 1.45. The second-order valence-electron chi connectivity index (χ2n) is 13.8. The number of thiazole rings is 1. The lowest BCUT2D eigenvalue weighted by molar-refractivity contribution is -0.152. The van der Waals surface area contributed by atoms with Gasteiger partial charge in [-0.05, 0) is 65.5 Å². The van der Waals surface area contributed by atoms with Crippen LogP contribution in [0.3, 0.4) is 0 Å². The fourth-order valence-electron chi connectivity index (χ4n) is 6.36. The average Bonchev–Trinajstić information content (AvgIpc) is 3.69. The first-order valence-electron chi connectivity index (χ1n) is 16.6. The number of fused-ring (bicyclic) bond motifs is 1. The first kappa shape index (κ1) is 35.2. The number of nitrogens with one attached hydrogen (secondary N) is 2. The molecule has 0 spiro atoms. The number of likely N-dealkylation sites (tertiary alicyclic amines) is 1. The third kappa shape index (κ3) is 8.47. The van der Waals surface area contributed by atoms with E-state index in [1.807, 2.05) is 29.6 Å². The number of benzene rings is 1. The molecule has 3 atom stereocenters. The van der Waals surface area contributed by atoms with Crippen molar-refractivity contribution in [3.05, 3.63) is 29.6 Å². The Kier molecular flexibility index (Phi) is 11.0. The number of aromatic nitrogens is 2. The fourth-order valence-corrected chi connectivity index (χ4v) is 7.22. The molecule has 2 fully saturated rings. The van der Waals surface area contributed by atoms with E-state index in [0.717, 1.165) is 42.6 Å². The molecule has 0 radical (unpaired) electrons. The number of pyridine rings is 1. The molecule has 12 nitrogen and oxygen atoms in total. The van der Waals surface area contributed by atoms with Crippen LogP contribution in [-0.4, -0.2) is 83.4 Å². The summed E-state index contributed by atoms with van der Waals surface area (Å²) < 4.78 is 22.8. The molecule has 3 heterocycles. The number of hydrogen-bond donors (Lipinski definition) is 2. The van der Waals surface area contributed by atoms with Crippen molar-refractivity contribution < 1.29 is 33.3 Å². The van der Waals surface area contributed by atoms with Gasteiger partial charge in [0.15, 0.2) is 5.13 Å². The third-order valence-electron chi connectivity index (χ3n) is 8.53. The van der Waals surface area contributed by atoms with Crippen LogP contribution in [0.4, 0.5) is 9.93 Å². The predicted octanol–water partition coefficient (Wildman–Crippen LogP) is 6.18. The molecular formula is C35H47N5O7S. The largest absolute Gasteiger partial charge is 0.497 e. The first-order chi connectivity index (χ1) is 22.8. The smallest absolute Gasteiger partial charge is 0.408 e. The molecule has 13 heteroatoms. The second kappa shape index (κ2) is 15.0. The van der Waals surface area contributed by atoms with Gasteiger partial charge in [-0.2, -0.15) is 0 Å². The van der Waals surface area contributed by atoms with Gasteiger partial charge in [-0.1, -0.05) is 19.3 Å². The van der Waals surface area contributed by atoms with Gasteiger partial charge < -0.3 is 34.5 Å². The summed E-state index contributed by atoms with van der Waals surface area (Å²) in [6, 6.07) is 5.90. The van der Waals surface area contributed by atoms with Crippen molar-refractivity contribution >= 4 is 45.3 Å². The summed E-state index contributed by atoms with van der Waals surface area (Å²) in [5, 5.41) is 9.66. The zero-order valence-corrected chi connectivity index (χ0v) is 29.6. The van der Waals surface area contributed by atoms with E-state index < -0.39 is 35.9 Å². The molecule has 5 rings (SSSR count). The molecule has 48 heavy (non-hydrogen) atoms. The van der Waals surface area contributed by atoms with Gasteiger partial charge in [0, 0.05) is 35.4 Å². The van der Waals surface area contributed by atoms with E-state index >= 15 is 0 Å². The lowest BCUT2D eigenvalue weighted by atomic mass is 9.83. The van der Waals surface area contributed by atoms with Gasteiger partial charge >= 0.3 is 12.1 Å². The van der Waals surface area contributed by atoms with Crippen molar-refractivity contribution in [2.45, 2.75) is 103 Å². The van der Waals surface area contributed by atoms with E-state index in [-0.39, 0.29) is 30.8 Å². The van der Waals surface area contributed by atoms with E-state index in [2.05, 4.69) is 24.5 Å². The Bertz CT molecular complexity index is 1610. The number of hydrogen-bond acceptors (Lipinski definition) is 11. The van der Waals surface area contributed by atoms with Crippen LogP contribution in [0.5, 0.6) is 11.5 Å². The van der Waals surface area contributed by atoms with Crippen molar-refractivity contribution in [3.8, 4) is 22.9 Å². The number of carbonyl (C=O) groups is 3. The monoisotopic (exact) mass is 681 g/mol. The van der Waals surface area contributed by atoms with Crippen molar-refractivity contribution in [1.29, 1.82) is 0 Å². The highest BCUT2D eigenvalue weighted by Gasteiger charge is 2.46. The molecule has 1 aliphatic heterocycles. The normalized spacial score (nSPS) is 19.2. The summed E-state index contributed by atoms with van der Waals surface area (Å²) >= 11 is 1.49. The number of alkyl carbamates (subject to hydrolysis) is 1. The number of nitrogens with zero attached hydrogens (tertiary/aromatic N) is 3. The average molecular weight is 682 g/mol. The van der Waals surface area contributed by atoms with Crippen molar-refractivity contribution in [3.63, 3.8) is 0 Å². The molecule has 1 saturated carbocycles. The Morgan fingerprint density at radius 2 is 1.77 bits per heavy atom. The van der Waals surface area contributed by atoms with Crippen LogP contribution in [0.1, 0.15) is 73.1 Å². The van der Waals surface area contributed by atoms with Crippen LogP contribution < -0.4 is 20.1 Å². The minimum atomic E-state index is -0.880. The zero-order valence-electron chi connectivity index (χ0n) is 28.8. The van der Waals surface area contributed by atoms with Crippen molar-refractivity contribution in [2.75, 3.05) is 26.1 Å². The Hall–Kier alpha value is -4.13. The standard InChI is InChI=1S/C35H47N5O7S/c1-20(2)36-33-38-27(19-48-33)26-17-29(24-14-13-22(44-6)15-25(24)37-26)46-23-16-28(32(42)45-7)40(18-23)31(41)30(21-11-9-8-10-12-21)39-34(43)47-35(3,4)5/h13-15,17,19-21,23,28,30H,8-12,16,18H2,1-7H3,(H,36,38)(H,39,43)/t23-,28+,30+/m1/s1. The summed E-state index contributed by atoms with van der Waals surface area (Å²) in [7, 11) is 2.91. The maximum atomic E-state index is 14.3. The Morgan fingerprint density at radius 3 is 2.44 bits per heavy atom. The van der Waals surface area contributed by atoms with E-state index in [9.17, 15) is 14.4 Å². The summed E-state index contributed by atoms with van der Waals surface area (Å²) in [6.07, 6.45) is 3.62. The highest BCUT2D eigenvalue weighted by molar-refractivity contribution is 7.14. The van der Waals surface area contributed by atoms with Gasteiger partial charge in [0.05, 0.1) is 32.0 Å². The van der Waals surface area contributed by atoms with Gasteiger partial charge in [0.1, 0.15) is 41.0 Å². The lowest BCUT2D eigenvalue weighted by Crippen LogP contribution is -2.55. The van der Waals surface area contributed by atoms with Crippen LogP contribution in [-0.2, 0) is 19.1 Å². The number of ether oxygens (including phenoxy) is 4. The Morgan fingerprint density at radius 1 is 1.02 bits per heavy atom. The molecular weight excluding hydrogens is 634 g/mol. The SMILES string of the molecule is COC(=O)[C@@H]1C[C@@H](Oc2cc(-c3csc(NC(C)C)n3)nc3cc(OC)ccc23)CN1C(=O)[C@@H](NC(=O)OC(C)(C)C)C1CCCCC1. The van der Waals surface area contributed by atoms with Gasteiger partial charge in [-0.25, -0.2) is 19.6 Å². The van der Waals surface area contributed by atoms with Crippen LogP contribution in [0.15, 0.2) is 29.6 Å². The summed E-state index contributed by atoms with van der Waals surface area (Å²) in [5.74, 6) is 0.237. The van der Waals surface area contributed by atoms with Crippen molar-refractivity contribution in [1.82, 2.24) is 20.2 Å². The summed E-state index contributed by atoms with van der Waals surface area (Å²) in [6.45, 7) is 9.57. The first-order valence-corrected chi connectivity index (χ1v) is 17.5. The van der Waals surface area contributed by atoms with Crippen LogP contribution in [0.2, 0.25) is 0 Å². The van der Waals surface area contributed by atoms with Gasteiger partial charge in [0.2, 0.25) is 5.91 Å². The molecule has 0 unspecified atom stereocenters. The molecule has 2 aromatic heterocycles. The molecule has 260 valence electrons. The molecule has 1 aliphatic carbocycles. The highest BCUT2D eigenvalue weighted by atomic mass is 32.1. The summed E-state index contributed by atoms with van der Waals surface area (Å²) in [5.41, 5.74) is 1.24. The maximum absolute atomic E-state index is 14.3. The minimum absolute atomic E-state index is 0.0769. The van der Waals surface area contributed by atoms with Gasteiger partial charge in [-0.3, -0.25) is 4.79 Å². The van der Waals surface area contributed by atoms with E-state index in [4.69, 9.17) is 28.9 Å². The molecule has 2 amide bonds. The molecule has 2 N–H and O–H groups in total. The number of amides is 2. The topological polar surface area (TPSA) is 141 Å². The van der Waals surface area contributed by atoms with Gasteiger partial charge in [0.25, 0.3) is 0 Å². The second-order valence-corrected chi connectivity index (χ2v) is 14.6. The van der Waals surface area contributed by atoms with E-state index in [1.165, 1.54) is 23.3 Å². The predicted molar refractivity (Wildman–Crippen MR) is 184 cm³/mol. The van der Waals surface area contributed by atoms with Crippen LogP contribution in [0, 0.1) is 5.92 Å². The number of carbonyl (C=O) groups excluding carboxylic acids is 3. The van der Waals surface area contributed by atoms with E-state index in [0.29, 0.717) is 28.4 Å². The number of methoxy groups -OCH3 is 2. The van der Waals surface area contributed by atoms with E-state index in [1.54, 1.807) is 27.9 Å². The third-order valence-corrected chi connectivity index (χ3v) is 9.30. The maximum Gasteiger partial charge on any atom is 0.408 e.